The molecular formula is C8H14N4O2. The van der Waals surface area contributed by atoms with Crippen LogP contribution in [0.5, 0.6) is 0 Å². The molecule has 2 rings (SSSR count). The summed E-state index contributed by atoms with van der Waals surface area (Å²) in [7, 11) is 3.71. The maximum Gasteiger partial charge on any atom is 0.265 e. The fourth-order valence-electron chi connectivity index (χ4n) is 1.46. The van der Waals surface area contributed by atoms with Gasteiger partial charge in [0.2, 0.25) is 5.89 Å². The van der Waals surface area contributed by atoms with Gasteiger partial charge in [0, 0.05) is 20.6 Å². The summed E-state index contributed by atoms with van der Waals surface area (Å²) in [5.41, 5.74) is 0. The summed E-state index contributed by atoms with van der Waals surface area (Å²) in [6, 6.07) is -0.00815. The van der Waals surface area contributed by atoms with Gasteiger partial charge in [-0.15, -0.1) is 0 Å². The van der Waals surface area contributed by atoms with Crippen LogP contribution in [0.25, 0.3) is 0 Å². The third-order valence-corrected chi connectivity index (χ3v) is 2.24. The van der Waals surface area contributed by atoms with Gasteiger partial charge in [0.25, 0.3) is 5.95 Å². The molecule has 0 aliphatic carbocycles. The lowest BCUT2D eigenvalue weighted by Crippen LogP contribution is -2.15. The summed E-state index contributed by atoms with van der Waals surface area (Å²) in [5, 5.41) is 16.2. The molecule has 1 fully saturated rings. The number of hydrogen-bond donors (Lipinski definition) is 2. The van der Waals surface area contributed by atoms with E-state index in [2.05, 4.69) is 15.5 Å². The van der Waals surface area contributed by atoms with Crippen molar-refractivity contribution >= 4 is 5.95 Å². The van der Waals surface area contributed by atoms with E-state index < -0.39 is 0 Å². The molecule has 14 heavy (non-hydrogen) atoms. The maximum atomic E-state index is 9.31. The lowest BCUT2D eigenvalue weighted by Gasteiger charge is -2.04. The molecule has 2 N–H and O–H groups in total. The minimum absolute atomic E-state index is 0.00815. The van der Waals surface area contributed by atoms with E-state index in [1.165, 1.54) is 0 Å². The van der Waals surface area contributed by atoms with Crippen molar-refractivity contribution in [3.63, 3.8) is 0 Å². The van der Waals surface area contributed by atoms with Gasteiger partial charge in [0.15, 0.2) is 0 Å². The van der Waals surface area contributed by atoms with Crippen LogP contribution in [0.1, 0.15) is 18.4 Å². The van der Waals surface area contributed by atoms with Crippen molar-refractivity contribution in [2.24, 2.45) is 0 Å². The molecular weight excluding hydrogens is 184 g/mol. The van der Waals surface area contributed by atoms with Crippen LogP contribution in [-0.2, 0) is 0 Å². The van der Waals surface area contributed by atoms with E-state index in [1.807, 2.05) is 14.1 Å². The minimum Gasteiger partial charge on any atom is -0.392 e. The van der Waals surface area contributed by atoms with Crippen molar-refractivity contribution in [2.75, 3.05) is 25.5 Å². The van der Waals surface area contributed by atoms with Crippen molar-refractivity contribution in [3.8, 4) is 0 Å². The van der Waals surface area contributed by atoms with Crippen LogP contribution in [0.2, 0.25) is 0 Å². The smallest absolute Gasteiger partial charge is 0.265 e. The molecule has 1 aliphatic rings. The van der Waals surface area contributed by atoms with Gasteiger partial charge in [-0.2, -0.15) is 4.98 Å². The number of aliphatic hydroxyl groups excluding tert-OH is 1. The van der Waals surface area contributed by atoms with Crippen molar-refractivity contribution in [1.29, 1.82) is 0 Å². The number of hydrogen-bond acceptors (Lipinski definition) is 6. The van der Waals surface area contributed by atoms with E-state index in [9.17, 15) is 5.11 Å². The molecule has 2 atom stereocenters. The Kier molecular flexibility index (Phi) is 2.39. The second-order valence-electron chi connectivity index (χ2n) is 3.68. The second kappa shape index (κ2) is 3.55. The molecule has 1 aromatic heterocycles. The molecule has 6 heteroatoms. The summed E-state index contributed by atoms with van der Waals surface area (Å²) < 4.78 is 5.08. The zero-order valence-corrected chi connectivity index (χ0v) is 8.27. The van der Waals surface area contributed by atoms with Gasteiger partial charge in [-0.1, -0.05) is 0 Å². The number of nitrogens with one attached hydrogen (secondary N) is 1. The average Bonchev–Trinajstić information content (AvgIpc) is 2.70. The van der Waals surface area contributed by atoms with Gasteiger partial charge in [-0.05, 0) is 11.6 Å². The first-order valence-electron chi connectivity index (χ1n) is 4.59. The number of aromatic nitrogens is 2. The molecule has 0 bridgehead atoms. The van der Waals surface area contributed by atoms with Crippen LogP contribution in [0.3, 0.4) is 0 Å². The van der Waals surface area contributed by atoms with Crippen molar-refractivity contribution in [2.45, 2.75) is 18.6 Å². The van der Waals surface area contributed by atoms with Gasteiger partial charge in [0.1, 0.15) is 0 Å². The number of aliphatic hydroxyl groups is 1. The normalized spacial score (nSPS) is 26.8. The Hall–Kier alpha value is -1.14. The van der Waals surface area contributed by atoms with Crippen LogP contribution in [0.4, 0.5) is 5.95 Å². The Balaban J connectivity index is 2.09. The molecule has 0 spiro atoms. The molecule has 0 aromatic carbocycles. The molecule has 1 saturated heterocycles. The topological polar surface area (TPSA) is 74.4 Å². The Morgan fingerprint density at radius 1 is 1.57 bits per heavy atom. The fourth-order valence-corrected chi connectivity index (χ4v) is 1.46. The Morgan fingerprint density at radius 3 is 2.86 bits per heavy atom. The monoisotopic (exact) mass is 198 g/mol. The largest absolute Gasteiger partial charge is 0.392 e. The summed E-state index contributed by atoms with van der Waals surface area (Å²) in [6.45, 7) is 0.588. The highest BCUT2D eigenvalue weighted by Gasteiger charge is 2.28. The van der Waals surface area contributed by atoms with E-state index in [0.717, 1.165) is 0 Å². The lowest BCUT2D eigenvalue weighted by atomic mass is 10.2. The van der Waals surface area contributed by atoms with Crippen molar-refractivity contribution in [3.05, 3.63) is 5.89 Å². The Morgan fingerprint density at radius 2 is 2.36 bits per heavy atom. The minimum atomic E-state index is -0.310. The van der Waals surface area contributed by atoms with E-state index >= 15 is 0 Å². The van der Waals surface area contributed by atoms with Crippen LogP contribution in [0.15, 0.2) is 4.52 Å². The number of anilines is 1. The molecule has 78 valence electrons. The van der Waals surface area contributed by atoms with Gasteiger partial charge in [0.05, 0.1) is 12.1 Å². The second-order valence-corrected chi connectivity index (χ2v) is 3.68. The van der Waals surface area contributed by atoms with Crippen LogP contribution < -0.4 is 10.2 Å². The molecule has 0 saturated carbocycles. The van der Waals surface area contributed by atoms with E-state index in [0.29, 0.717) is 24.8 Å². The predicted molar refractivity (Wildman–Crippen MR) is 50.0 cm³/mol. The van der Waals surface area contributed by atoms with Crippen LogP contribution in [0, 0.1) is 0 Å². The first-order chi connectivity index (χ1) is 6.66. The quantitative estimate of drug-likeness (QED) is 0.669. The Labute approximate surface area is 81.9 Å². The number of rotatable bonds is 2. The van der Waals surface area contributed by atoms with Crippen molar-refractivity contribution in [1.82, 2.24) is 15.5 Å². The zero-order valence-electron chi connectivity index (χ0n) is 8.27. The van der Waals surface area contributed by atoms with Crippen molar-refractivity contribution < 1.29 is 9.63 Å². The standard InChI is InChI=1S/C8H14N4O2/c1-12(2)8-10-7(14-11-8)6-3-5(13)4-9-6/h5-6,9,13H,3-4H2,1-2H3/t5-,6-/m0/s1. The van der Waals surface area contributed by atoms with Gasteiger partial charge in [-0.3, -0.25) is 0 Å². The Bertz CT molecular complexity index is 312. The van der Waals surface area contributed by atoms with Gasteiger partial charge < -0.3 is 19.8 Å². The first kappa shape index (κ1) is 9.42. The summed E-state index contributed by atoms with van der Waals surface area (Å²) in [4.78, 5) is 5.98. The van der Waals surface area contributed by atoms with Gasteiger partial charge in [-0.25, -0.2) is 0 Å². The average molecular weight is 198 g/mol. The van der Waals surface area contributed by atoms with Gasteiger partial charge >= 0.3 is 0 Å². The fraction of sp³-hybridized carbons (Fsp3) is 0.750. The summed E-state index contributed by atoms with van der Waals surface area (Å²) in [5.74, 6) is 1.11. The SMILES string of the molecule is CN(C)c1noc([C@@H]2C[C@H](O)CN2)n1. The van der Waals surface area contributed by atoms with E-state index in [-0.39, 0.29) is 12.1 Å². The van der Waals surface area contributed by atoms with E-state index in [1.54, 1.807) is 4.90 Å². The van der Waals surface area contributed by atoms with Crippen LogP contribution >= 0.6 is 0 Å². The maximum absolute atomic E-state index is 9.31. The molecule has 0 unspecified atom stereocenters. The summed E-state index contributed by atoms with van der Waals surface area (Å²) >= 11 is 0. The van der Waals surface area contributed by atoms with E-state index in [4.69, 9.17) is 4.52 Å². The van der Waals surface area contributed by atoms with Crippen LogP contribution in [-0.4, -0.2) is 42.0 Å². The molecule has 0 radical (unpaired) electrons. The third kappa shape index (κ3) is 1.71. The summed E-state index contributed by atoms with van der Waals surface area (Å²) in [6.07, 6.45) is 0.324. The zero-order chi connectivity index (χ0) is 10.1. The third-order valence-electron chi connectivity index (χ3n) is 2.24. The molecule has 2 heterocycles. The molecule has 1 aliphatic heterocycles. The first-order valence-corrected chi connectivity index (χ1v) is 4.59. The predicted octanol–water partition coefficient (Wildman–Crippen LogP) is -0.469. The highest BCUT2D eigenvalue weighted by Crippen LogP contribution is 2.22. The molecule has 6 nitrogen and oxygen atoms in total. The highest BCUT2D eigenvalue weighted by molar-refractivity contribution is 5.24. The number of β-amino-alcohol motifs (C(OH)–C–C–N with tert-alkyl or cyclic N) is 1. The number of nitrogens with zero attached hydrogens (tertiary/aromatic N) is 3. The lowest BCUT2D eigenvalue weighted by molar-refractivity contribution is 0.191. The molecule has 1 aromatic rings. The molecule has 0 amide bonds. The highest BCUT2D eigenvalue weighted by atomic mass is 16.5.